The van der Waals surface area contributed by atoms with Gasteiger partial charge in [-0.15, -0.1) is 11.6 Å². The molecule has 0 bridgehead atoms. The van der Waals surface area contributed by atoms with Crippen LogP contribution in [-0.4, -0.2) is 61.1 Å². The zero-order valence-corrected chi connectivity index (χ0v) is 14.4. The SMILES string of the molecule is CCC(CSC)N(C)S(=O)(=O)N1CCC(CCl)CC1. The zero-order chi connectivity index (χ0) is 14.5. The van der Waals surface area contributed by atoms with Crippen molar-refractivity contribution in [3.8, 4) is 0 Å². The summed E-state index contributed by atoms with van der Waals surface area (Å²) in [5.74, 6) is 1.93. The molecule has 0 aliphatic carbocycles. The maximum Gasteiger partial charge on any atom is 0.282 e. The summed E-state index contributed by atoms with van der Waals surface area (Å²) in [5, 5.41) is 0. The molecule has 0 aromatic carbocycles. The van der Waals surface area contributed by atoms with Crippen molar-refractivity contribution in [3.63, 3.8) is 0 Å². The molecule has 1 aliphatic heterocycles. The van der Waals surface area contributed by atoms with E-state index in [0.29, 0.717) is 24.9 Å². The first-order chi connectivity index (χ1) is 8.97. The quantitative estimate of drug-likeness (QED) is 0.673. The van der Waals surface area contributed by atoms with Gasteiger partial charge in [0.25, 0.3) is 10.2 Å². The molecule has 1 rings (SSSR count). The van der Waals surface area contributed by atoms with Gasteiger partial charge in [-0.3, -0.25) is 0 Å². The molecule has 0 spiro atoms. The highest BCUT2D eigenvalue weighted by Crippen LogP contribution is 2.23. The number of hydrogen-bond donors (Lipinski definition) is 0. The van der Waals surface area contributed by atoms with Crippen LogP contribution < -0.4 is 0 Å². The third-order valence-corrected chi connectivity index (χ3v) is 7.02. The van der Waals surface area contributed by atoms with Gasteiger partial charge < -0.3 is 0 Å². The average Bonchev–Trinajstić information content (AvgIpc) is 2.44. The second kappa shape index (κ2) is 8.08. The molecule has 1 saturated heterocycles. The minimum absolute atomic E-state index is 0.0748. The number of nitrogens with zero attached hydrogens (tertiary/aromatic N) is 2. The molecule has 1 unspecified atom stereocenters. The lowest BCUT2D eigenvalue weighted by Gasteiger charge is -2.35. The molecule has 0 N–H and O–H groups in total. The Morgan fingerprint density at radius 3 is 2.42 bits per heavy atom. The first kappa shape index (κ1) is 17.6. The van der Waals surface area contributed by atoms with Gasteiger partial charge in [-0.25, -0.2) is 0 Å². The second-order valence-corrected chi connectivity index (χ2v) is 8.25. The van der Waals surface area contributed by atoms with Crippen LogP contribution >= 0.6 is 23.4 Å². The van der Waals surface area contributed by atoms with Crippen LogP contribution in [0.25, 0.3) is 0 Å². The summed E-state index contributed by atoms with van der Waals surface area (Å²) < 4.78 is 28.3. The van der Waals surface area contributed by atoms with E-state index >= 15 is 0 Å². The largest absolute Gasteiger partial charge is 0.282 e. The summed E-state index contributed by atoms with van der Waals surface area (Å²) in [7, 11) is -1.62. The second-order valence-electron chi connectivity index (χ2n) is 5.04. The molecule has 4 nitrogen and oxygen atoms in total. The fourth-order valence-electron chi connectivity index (χ4n) is 2.34. The van der Waals surface area contributed by atoms with Gasteiger partial charge in [-0.05, 0) is 31.4 Å². The fraction of sp³-hybridized carbons (Fsp3) is 1.00. The Morgan fingerprint density at radius 1 is 1.42 bits per heavy atom. The standard InChI is InChI=1S/C12H25ClN2O2S2/c1-4-12(10-18-3)14(2)19(16,17)15-7-5-11(9-13)6-8-15/h11-12H,4-10H2,1-3H3. The van der Waals surface area contributed by atoms with Crippen LogP contribution in [0.15, 0.2) is 0 Å². The topological polar surface area (TPSA) is 40.6 Å². The van der Waals surface area contributed by atoms with Crippen molar-refractivity contribution in [1.29, 1.82) is 0 Å². The van der Waals surface area contributed by atoms with E-state index in [1.807, 2.05) is 13.2 Å². The van der Waals surface area contributed by atoms with E-state index in [1.165, 1.54) is 0 Å². The van der Waals surface area contributed by atoms with E-state index in [1.54, 1.807) is 27.4 Å². The van der Waals surface area contributed by atoms with Crippen LogP contribution in [0.4, 0.5) is 0 Å². The molecular formula is C12H25ClN2O2S2. The van der Waals surface area contributed by atoms with E-state index in [-0.39, 0.29) is 6.04 Å². The minimum Gasteiger partial charge on any atom is -0.195 e. The fourth-order valence-corrected chi connectivity index (χ4v) is 5.22. The van der Waals surface area contributed by atoms with Gasteiger partial charge >= 0.3 is 0 Å². The van der Waals surface area contributed by atoms with Crippen molar-refractivity contribution in [1.82, 2.24) is 8.61 Å². The molecule has 114 valence electrons. The Hall–Kier alpha value is 0.510. The average molecular weight is 329 g/mol. The molecule has 0 radical (unpaired) electrons. The molecule has 0 aromatic rings. The minimum atomic E-state index is -3.32. The summed E-state index contributed by atoms with van der Waals surface area (Å²) in [6.07, 6.45) is 4.59. The van der Waals surface area contributed by atoms with Crippen molar-refractivity contribution in [2.75, 3.05) is 38.0 Å². The maximum absolute atomic E-state index is 12.6. The van der Waals surface area contributed by atoms with Gasteiger partial charge in [0.05, 0.1) is 0 Å². The van der Waals surface area contributed by atoms with Gasteiger partial charge in [-0.2, -0.15) is 28.8 Å². The molecule has 0 aromatic heterocycles. The van der Waals surface area contributed by atoms with Crippen LogP contribution in [0.2, 0.25) is 0 Å². The van der Waals surface area contributed by atoms with Crippen LogP contribution in [0.3, 0.4) is 0 Å². The van der Waals surface area contributed by atoms with Crippen LogP contribution in [0.1, 0.15) is 26.2 Å². The summed E-state index contributed by atoms with van der Waals surface area (Å²) >= 11 is 7.53. The van der Waals surface area contributed by atoms with E-state index in [4.69, 9.17) is 11.6 Å². The van der Waals surface area contributed by atoms with Gasteiger partial charge in [0, 0.05) is 37.8 Å². The van der Waals surface area contributed by atoms with Crippen LogP contribution in [0.5, 0.6) is 0 Å². The molecular weight excluding hydrogens is 304 g/mol. The predicted octanol–water partition coefficient (Wildman–Crippen LogP) is 2.26. The summed E-state index contributed by atoms with van der Waals surface area (Å²) in [4.78, 5) is 0. The normalized spacial score (nSPS) is 20.9. The van der Waals surface area contributed by atoms with Crippen molar-refractivity contribution < 1.29 is 8.42 Å². The molecule has 0 saturated carbocycles. The zero-order valence-electron chi connectivity index (χ0n) is 12.0. The molecule has 1 heterocycles. The van der Waals surface area contributed by atoms with Gasteiger partial charge in [0.1, 0.15) is 0 Å². The number of hydrogen-bond acceptors (Lipinski definition) is 3. The van der Waals surface area contributed by atoms with Crippen molar-refractivity contribution in [2.45, 2.75) is 32.2 Å². The van der Waals surface area contributed by atoms with Crippen molar-refractivity contribution >= 4 is 33.6 Å². The number of piperidine rings is 1. The molecule has 0 amide bonds. The number of alkyl halides is 1. The Labute approximate surface area is 127 Å². The first-order valence-electron chi connectivity index (χ1n) is 6.75. The smallest absolute Gasteiger partial charge is 0.195 e. The Balaban J connectivity index is 2.69. The third-order valence-electron chi connectivity index (χ3n) is 3.83. The number of thioether (sulfide) groups is 1. The summed E-state index contributed by atoms with van der Waals surface area (Å²) in [5.41, 5.74) is 0. The van der Waals surface area contributed by atoms with Gasteiger partial charge in [-0.1, -0.05) is 6.92 Å². The predicted molar refractivity (Wildman–Crippen MR) is 84.2 cm³/mol. The van der Waals surface area contributed by atoms with Crippen molar-refractivity contribution in [2.24, 2.45) is 5.92 Å². The van der Waals surface area contributed by atoms with E-state index in [2.05, 4.69) is 0 Å². The molecule has 1 aliphatic rings. The Kier molecular flexibility index (Phi) is 7.46. The van der Waals surface area contributed by atoms with E-state index in [0.717, 1.165) is 25.0 Å². The highest BCUT2D eigenvalue weighted by atomic mass is 35.5. The van der Waals surface area contributed by atoms with Crippen LogP contribution in [-0.2, 0) is 10.2 Å². The molecule has 7 heteroatoms. The first-order valence-corrected chi connectivity index (χ1v) is 10.1. The summed E-state index contributed by atoms with van der Waals surface area (Å²) in [6, 6.07) is 0.0748. The highest BCUT2D eigenvalue weighted by molar-refractivity contribution is 7.98. The lowest BCUT2D eigenvalue weighted by atomic mass is 10.0. The monoisotopic (exact) mass is 328 g/mol. The Morgan fingerprint density at radius 2 is 2.00 bits per heavy atom. The molecule has 1 atom stereocenters. The van der Waals surface area contributed by atoms with Crippen LogP contribution in [0, 0.1) is 5.92 Å². The number of halogens is 1. The maximum atomic E-state index is 12.6. The van der Waals surface area contributed by atoms with Gasteiger partial charge in [0.15, 0.2) is 0 Å². The van der Waals surface area contributed by atoms with E-state index in [9.17, 15) is 8.42 Å². The lowest BCUT2D eigenvalue weighted by Crippen LogP contribution is -2.49. The third kappa shape index (κ3) is 4.49. The molecule has 19 heavy (non-hydrogen) atoms. The summed E-state index contributed by atoms with van der Waals surface area (Å²) in [6.45, 7) is 3.23. The van der Waals surface area contributed by atoms with Crippen molar-refractivity contribution in [3.05, 3.63) is 0 Å². The Bertz CT molecular complexity index is 357. The molecule has 1 fully saturated rings. The van der Waals surface area contributed by atoms with Gasteiger partial charge in [0.2, 0.25) is 0 Å². The number of rotatable bonds is 7. The lowest BCUT2D eigenvalue weighted by molar-refractivity contribution is 0.261. The highest BCUT2D eigenvalue weighted by Gasteiger charge is 2.33. The van der Waals surface area contributed by atoms with E-state index < -0.39 is 10.2 Å².